The molecule has 3 N–H and O–H groups in total. The molecule has 0 saturated heterocycles. The summed E-state index contributed by atoms with van der Waals surface area (Å²) in [5.41, 5.74) is 7.60. The summed E-state index contributed by atoms with van der Waals surface area (Å²) < 4.78 is 0. The van der Waals surface area contributed by atoms with Gasteiger partial charge in [0.05, 0.1) is 0 Å². The molecule has 1 heterocycles. The first-order chi connectivity index (χ1) is 9.88. The SMILES string of the molecule is NCCNc1ncc(-c2cccc3ccccc23)cn1. The van der Waals surface area contributed by atoms with Gasteiger partial charge < -0.3 is 11.1 Å². The lowest BCUT2D eigenvalue weighted by Crippen LogP contribution is -2.14. The molecule has 0 aliphatic heterocycles. The zero-order valence-corrected chi connectivity index (χ0v) is 11.1. The molecule has 0 unspecified atom stereocenters. The predicted molar refractivity (Wildman–Crippen MR) is 82.5 cm³/mol. The first-order valence-corrected chi connectivity index (χ1v) is 6.62. The average Bonchev–Trinajstić information content (AvgIpc) is 2.53. The molecule has 20 heavy (non-hydrogen) atoms. The number of nitrogens with zero attached hydrogens (tertiary/aromatic N) is 2. The number of benzene rings is 2. The molecular formula is C16H16N4. The molecule has 4 heteroatoms. The molecule has 0 spiro atoms. The maximum atomic E-state index is 5.44. The topological polar surface area (TPSA) is 63.8 Å². The minimum absolute atomic E-state index is 0.564. The van der Waals surface area contributed by atoms with Crippen molar-refractivity contribution in [2.24, 2.45) is 5.73 Å². The Labute approximate surface area is 117 Å². The summed E-state index contributed by atoms with van der Waals surface area (Å²) in [5.74, 6) is 0.611. The summed E-state index contributed by atoms with van der Waals surface area (Å²) >= 11 is 0. The molecule has 0 bridgehead atoms. The highest BCUT2D eigenvalue weighted by Crippen LogP contribution is 2.27. The largest absolute Gasteiger partial charge is 0.353 e. The van der Waals surface area contributed by atoms with E-state index in [1.165, 1.54) is 10.8 Å². The van der Waals surface area contributed by atoms with Crippen LogP contribution in [0.2, 0.25) is 0 Å². The third-order valence-electron chi connectivity index (χ3n) is 3.18. The van der Waals surface area contributed by atoms with Gasteiger partial charge in [-0.15, -0.1) is 0 Å². The van der Waals surface area contributed by atoms with Crippen LogP contribution >= 0.6 is 0 Å². The van der Waals surface area contributed by atoms with E-state index in [9.17, 15) is 0 Å². The van der Waals surface area contributed by atoms with Gasteiger partial charge in [0.1, 0.15) is 0 Å². The highest BCUT2D eigenvalue weighted by molar-refractivity contribution is 5.96. The van der Waals surface area contributed by atoms with Gasteiger partial charge in [-0.05, 0) is 16.3 Å². The first kappa shape index (κ1) is 12.6. The molecule has 4 nitrogen and oxygen atoms in total. The van der Waals surface area contributed by atoms with Crippen LogP contribution in [0.4, 0.5) is 5.95 Å². The van der Waals surface area contributed by atoms with E-state index in [0.29, 0.717) is 19.0 Å². The van der Waals surface area contributed by atoms with E-state index in [2.05, 4.69) is 45.6 Å². The molecule has 0 saturated carbocycles. The Balaban J connectivity index is 1.98. The molecule has 3 rings (SSSR count). The second-order valence-corrected chi connectivity index (χ2v) is 4.54. The van der Waals surface area contributed by atoms with Gasteiger partial charge in [0.15, 0.2) is 0 Å². The van der Waals surface area contributed by atoms with Crippen molar-refractivity contribution < 1.29 is 0 Å². The molecular weight excluding hydrogens is 248 g/mol. The molecule has 100 valence electrons. The van der Waals surface area contributed by atoms with Crippen molar-refractivity contribution in [1.29, 1.82) is 0 Å². The van der Waals surface area contributed by atoms with Gasteiger partial charge in [0.25, 0.3) is 0 Å². The Morgan fingerprint density at radius 3 is 2.50 bits per heavy atom. The van der Waals surface area contributed by atoms with Crippen molar-refractivity contribution in [3.63, 3.8) is 0 Å². The molecule has 3 aromatic rings. The van der Waals surface area contributed by atoms with Crippen LogP contribution in [0.5, 0.6) is 0 Å². The summed E-state index contributed by atoms with van der Waals surface area (Å²) in [5, 5.41) is 5.49. The maximum absolute atomic E-state index is 5.44. The monoisotopic (exact) mass is 264 g/mol. The van der Waals surface area contributed by atoms with Crippen molar-refractivity contribution in [3.05, 3.63) is 54.9 Å². The predicted octanol–water partition coefficient (Wildman–Crippen LogP) is 2.67. The molecule has 2 aromatic carbocycles. The summed E-state index contributed by atoms with van der Waals surface area (Å²) in [7, 11) is 0. The Morgan fingerprint density at radius 2 is 1.70 bits per heavy atom. The molecule has 0 amide bonds. The Morgan fingerprint density at radius 1 is 0.950 bits per heavy atom. The van der Waals surface area contributed by atoms with Gasteiger partial charge in [0.2, 0.25) is 5.95 Å². The van der Waals surface area contributed by atoms with Gasteiger partial charge in [0, 0.05) is 31.0 Å². The minimum atomic E-state index is 0.564. The first-order valence-electron chi connectivity index (χ1n) is 6.62. The van der Waals surface area contributed by atoms with Crippen LogP contribution in [0.25, 0.3) is 21.9 Å². The van der Waals surface area contributed by atoms with E-state index in [0.717, 1.165) is 11.1 Å². The molecule has 0 aliphatic carbocycles. The zero-order chi connectivity index (χ0) is 13.8. The van der Waals surface area contributed by atoms with Crippen LogP contribution in [-0.4, -0.2) is 23.1 Å². The van der Waals surface area contributed by atoms with Crippen molar-refractivity contribution in [2.45, 2.75) is 0 Å². The molecule has 0 aliphatic rings. The molecule has 0 atom stereocenters. The lowest BCUT2D eigenvalue weighted by atomic mass is 10.0. The zero-order valence-electron chi connectivity index (χ0n) is 11.1. The van der Waals surface area contributed by atoms with E-state index in [1.54, 1.807) is 0 Å². The van der Waals surface area contributed by atoms with Crippen molar-refractivity contribution in [1.82, 2.24) is 9.97 Å². The number of aromatic nitrogens is 2. The third kappa shape index (κ3) is 2.46. The van der Waals surface area contributed by atoms with Crippen LogP contribution in [0.3, 0.4) is 0 Å². The maximum Gasteiger partial charge on any atom is 0.222 e. The van der Waals surface area contributed by atoms with Crippen LogP contribution in [0.15, 0.2) is 54.9 Å². The Hall–Kier alpha value is -2.46. The number of hydrogen-bond donors (Lipinski definition) is 2. The number of rotatable bonds is 4. The molecule has 0 fully saturated rings. The van der Waals surface area contributed by atoms with Gasteiger partial charge >= 0.3 is 0 Å². The van der Waals surface area contributed by atoms with E-state index >= 15 is 0 Å². The van der Waals surface area contributed by atoms with Gasteiger partial charge in [-0.1, -0.05) is 42.5 Å². The Bertz CT molecular complexity index is 702. The molecule has 0 radical (unpaired) electrons. The van der Waals surface area contributed by atoms with E-state index in [1.807, 2.05) is 24.5 Å². The summed E-state index contributed by atoms with van der Waals surface area (Å²) in [4.78, 5) is 8.64. The minimum Gasteiger partial charge on any atom is -0.353 e. The lowest BCUT2D eigenvalue weighted by Gasteiger charge is -2.07. The smallest absolute Gasteiger partial charge is 0.222 e. The number of fused-ring (bicyclic) bond motifs is 1. The fourth-order valence-corrected chi connectivity index (χ4v) is 2.22. The summed E-state index contributed by atoms with van der Waals surface area (Å²) in [6.45, 7) is 1.24. The van der Waals surface area contributed by atoms with Crippen molar-refractivity contribution >= 4 is 16.7 Å². The van der Waals surface area contributed by atoms with Gasteiger partial charge in [-0.25, -0.2) is 9.97 Å². The van der Waals surface area contributed by atoms with Crippen molar-refractivity contribution in [2.75, 3.05) is 18.4 Å². The number of hydrogen-bond acceptors (Lipinski definition) is 4. The highest BCUT2D eigenvalue weighted by Gasteiger charge is 2.04. The number of anilines is 1. The van der Waals surface area contributed by atoms with Crippen LogP contribution < -0.4 is 11.1 Å². The number of nitrogens with two attached hydrogens (primary N) is 1. The third-order valence-corrected chi connectivity index (χ3v) is 3.18. The second kappa shape index (κ2) is 5.67. The van der Waals surface area contributed by atoms with Crippen molar-refractivity contribution in [3.8, 4) is 11.1 Å². The van der Waals surface area contributed by atoms with Gasteiger partial charge in [-0.2, -0.15) is 0 Å². The second-order valence-electron chi connectivity index (χ2n) is 4.54. The summed E-state index contributed by atoms with van der Waals surface area (Å²) in [6.07, 6.45) is 3.68. The average molecular weight is 264 g/mol. The highest BCUT2D eigenvalue weighted by atomic mass is 15.1. The van der Waals surface area contributed by atoms with Crippen LogP contribution in [0.1, 0.15) is 0 Å². The van der Waals surface area contributed by atoms with Crippen LogP contribution in [-0.2, 0) is 0 Å². The fraction of sp³-hybridized carbons (Fsp3) is 0.125. The van der Waals surface area contributed by atoms with Gasteiger partial charge in [-0.3, -0.25) is 0 Å². The Kier molecular flexibility index (Phi) is 3.56. The van der Waals surface area contributed by atoms with E-state index in [-0.39, 0.29) is 0 Å². The quantitative estimate of drug-likeness (QED) is 0.760. The fourth-order valence-electron chi connectivity index (χ4n) is 2.22. The van der Waals surface area contributed by atoms with E-state index < -0.39 is 0 Å². The van der Waals surface area contributed by atoms with Crippen LogP contribution in [0, 0.1) is 0 Å². The standard InChI is InChI=1S/C16H16N4/c17-8-9-18-16-19-10-13(11-20-16)15-7-3-5-12-4-1-2-6-14(12)15/h1-7,10-11H,8-9,17H2,(H,18,19,20). The lowest BCUT2D eigenvalue weighted by molar-refractivity contribution is 0.990. The normalized spacial score (nSPS) is 10.7. The van der Waals surface area contributed by atoms with E-state index in [4.69, 9.17) is 5.73 Å². The summed E-state index contributed by atoms with van der Waals surface area (Å²) in [6, 6.07) is 14.6. The molecule has 1 aromatic heterocycles. The number of nitrogens with one attached hydrogen (secondary N) is 1.